The molecule has 2 N–H and O–H groups in total. The van der Waals surface area contributed by atoms with Crippen molar-refractivity contribution in [2.24, 2.45) is 22.7 Å². The third kappa shape index (κ3) is 14.2. The van der Waals surface area contributed by atoms with Crippen LogP contribution in [0, 0.1) is 22.7 Å². The van der Waals surface area contributed by atoms with Gasteiger partial charge in [0, 0.05) is 30.5 Å². The second-order valence-electron chi connectivity index (χ2n) is 16.3. The maximum atomic E-state index is 12.4. The lowest BCUT2D eigenvalue weighted by Gasteiger charge is -2.39. The molecule has 0 aromatic heterocycles. The fraction of sp³-hybridized carbons (Fsp3) is 0.854. The molecule has 2 amide bonds. The molecule has 0 bridgehead atoms. The third-order valence-electron chi connectivity index (χ3n) is 11.7. The molecule has 2 aliphatic heterocycles. The van der Waals surface area contributed by atoms with E-state index in [0.29, 0.717) is 52.0 Å². The van der Waals surface area contributed by atoms with E-state index in [0.717, 1.165) is 36.0 Å². The van der Waals surface area contributed by atoms with E-state index in [1.807, 2.05) is 13.8 Å². The number of aliphatic hydroxyl groups excluding tert-OH is 1. The summed E-state index contributed by atoms with van der Waals surface area (Å²) in [5.41, 5.74) is -1.39. The Labute approximate surface area is 314 Å². The topological polar surface area (TPSA) is 159 Å². The van der Waals surface area contributed by atoms with E-state index in [-0.39, 0.29) is 13.4 Å². The van der Waals surface area contributed by atoms with Crippen molar-refractivity contribution in [3.8, 4) is 0 Å². The van der Waals surface area contributed by atoms with Crippen LogP contribution in [0.4, 0.5) is 0 Å². The van der Waals surface area contributed by atoms with Gasteiger partial charge in [-0.25, -0.2) is 9.59 Å². The van der Waals surface area contributed by atoms with Crippen LogP contribution >= 0.6 is 0 Å². The summed E-state index contributed by atoms with van der Waals surface area (Å²) in [5, 5.41) is 17.4. The lowest BCUT2D eigenvalue weighted by Crippen LogP contribution is -2.59. The Hall–Kier alpha value is -2.82. The van der Waals surface area contributed by atoms with Crippen molar-refractivity contribution in [1.82, 2.24) is 9.80 Å². The van der Waals surface area contributed by atoms with Crippen molar-refractivity contribution in [2.75, 3.05) is 26.3 Å². The minimum absolute atomic E-state index is 0. The van der Waals surface area contributed by atoms with E-state index in [2.05, 4.69) is 0 Å². The quantitative estimate of drug-likeness (QED) is 0.101. The van der Waals surface area contributed by atoms with Gasteiger partial charge in [-0.05, 0) is 63.2 Å². The Kier molecular flexibility index (Phi) is 20.9. The van der Waals surface area contributed by atoms with E-state index in [1.165, 1.54) is 75.5 Å². The molecule has 11 nitrogen and oxygen atoms in total. The summed E-state index contributed by atoms with van der Waals surface area (Å²) in [4.78, 5) is 73.7. The van der Waals surface area contributed by atoms with Crippen LogP contribution in [0.15, 0.2) is 0 Å². The molecule has 0 spiro atoms. The number of carboxylic acids is 1. The Morgan fingerprint density at radius 3 is 1.38 bits per heavy atom. The van der Waals surface area contributed by atoms with E-state index in [4.69, 9.17) is 14.9 Å². The van der Waals surface area contributed by atoms with Gasteiger partial charge in [-0.2, -0.15) is 0 Å². The molecule has 11 heteroatoms. The van der Waals surface area contributed by atoms with E-state index < -0.39 is 52.3 Å². The Balaban J connectivity index is 0.000000428. The van der Waals surface area contributed by atoms with Gasteiger partial charge in [-0.3, -0.25) is 19.2 Å². The largest absolute Gasteiger partial charge is 0.480 e. The number of carboxylic acid groups (broad SMARTS) is 1. The molecule has 0 aromatic carbocycles. The number of rotatable bonds is 15. The average Bonchev–Trinajstić information content (AvgIpc) is 3.08. The maximum Gasteiger partial charge on any atom is 0.328 e. The number of nitrogens with zero attached hydrogens (tertiary/aromatic N) is 2. The number of carbonyl (C=O) groups excluding carboxylic acids is 5. The summed E-state index contributed by atoms with van der Waals surface area (Å²) >= 11 is 0. The van der Waals surface area contributed by atoms with Crippen LogP contribution in [-0.4, -0.2) is 93.7 Å². The highest BCUT2D eigenvalue weighted by molar-refractivity contribution is 6.39. The predicted octanol–water partition coefficient (Wildman–Crippen LogP) is 7.15. The zero-order valence-electron chi connectivity index (χ0n) is 32.5. The Bertz CT molecular complexity index is 1150. The molecule has 52 heavy (non-hydrogen) atoms. The van der Waals surface area contributed by atoms with Crippen molar-refractivity contribution in [3.05, 3.63) is 0 Å². The van der Waals surface area contributed by atoms with E-state index in [9.17, 15) is 28.8 Å². The molecular weight excluding hydrogens is 664 g/mol. The smallest absolute Gasteiger partial charge is 0.328 e. The molecule has 4 aliphatic rings. The summed E-state index contributed by atoms with van der Waals surface area (Å²) in [7, 11) is 0. The van der Waals surface area contributed by atoms with Crippen LogP contribution in [0.3, 0.4) is 0 Å². The first-order valence-electron chi connectivity index (χ1n) is 19.8. The molecule has 2 aliphatic carbocycles. The number of Topliss-reactive ketones (excluding diaryl/α,β-unsaturated/α-hetero) is 2. The number of likely N-dealkylation sites (tertiary alicyclic amines) is 2. The Morgan fingerprint density at radius 1 is 0.635 bits per heavy atom. The van der Waals surface area contributed by atoms with Gasteiger partial charge in [0.2, 0.25) is 11.6 Å². The Morgan fingerprint density at radius 2 is 1.04 bits per heavy atom. The molecule has 2 atom stereocenters. The van der Waals surface area contributed by atoms with Crippen LogP contribution in [0.1, 0.15) is 165 Å². The molecular formula is C41H72N2O9. The number of ketones is 2. The van der Waals surface area contributed by atoms with Crippen molar-refractivity contribution < 1.29 is 43.7 Å². The van der Waals surface area contributed by atoms with Crippen LogP contribution in [-0.2, 0) is 33.5 Å². The number of esters is 1. The normalized spacial score (nSPS) is 20.7. The van der Waals surface area contributed by atoms with Gasteiger partial charge in [0.25, 0.3) is 11.8 Å². The molecule has 0 unspecified atom stereocenters. The number of hydrogen-bond donors (Lipinski definition) is 2. The highest BCUT2D eigenvalue weighted by Gasteiger charge is 2.45. The fourth-order valence-corrected chi connectivity index (χ4v) is 6.90. The van der Waals surface area contributed by atoms with Gasteiger partial charge >= 0.3 is 11.9 Å². The molecule has 0 radical (unpaired) electrons. The average molecular weight is 737 g/mol. The first-order chi connectivity index (χ1) is 24.1. The second kappa shape index (κ2) is 23.1. The molecule has 2 heterocycles. The van der Waals surface area contributed by atoms with Crippen molar-refractivity contribution in [1.29, 1.82) is 0 Å². The number of aliphatic hydroxyl groups is 1. The molecule has 4 rings (SSSR count). The fourth-order valence-electron chi connectivity index (χ4n) is 6.90. The van der Waals surface area contributed by atoms with Gasteiger partial charge in [0.1, 0.15) is 12.1 Å². The minimum Gasteiger partial charge on any atom is -0.480 e. The highest BCUT2D eigenvalue weighted by atomic mass is 16.5. The molecule has 2 saturated heterocycles. The number of ether oxygens (including phenoxy) is 1. The summed E-state index contributed by atoms with van der Waals surface area (Å²) < 4.78 is 5.36. The van der Waals surface area contributed by atoms with Gasteiger partial charge in [-0.15, -0.1) is 0 Å². The predicted molar refractivity (Wildman–Crippen MR) is 202 cm³/mol. The number of aliphatic carboxylic acids is 1. The summed E-state index contributed by atoms with van der Waals surface area (Å²) in [6, 6.07) is -1.39. The molecule has 4 fully saturated rings. The zero-order valence-corrected chi connectivity index (χ0v) is 32.5. The number of hydrogen-bond acceptors (Lipinski definition) is 8. The van der Waals surface area contributed by atoms with E-state index in [1.54, 1.807) is 27.7 Å². The zero-order chi connectivity index (χ0) is 38.2. The van der Waals surface area contributed by atoms with Crippen LogP contribution in [0.2, 0.25) is 0 Å². The second-order valence-corrected chi connectivity index (χ2v) is 16.3. The summed E-state index contributed by atoms with van der Waals surface area (Å²) in [6.45, 7) is 12.3. The number of carbonyl (C=O) groups is 6. The molecule has 0 aromatic rings. The van der Waals surface area contributed by atoms with Crippen LogP contribution in [0.5, 0.6) is 0 Å². The monoisotopic (exact) mass is 737 g/mol. The first kappa shape index (κ1) is 47.2. The summed E-state index contributed by atoms with van der Waals surface area (Å²) in [6.07, 6.45) is 20.2. The van der Waals surface area contributed by atoms with Crippen molar-refractivity contribution in [3.63, 3.8) is 0 Å². The first-order valence-corrected chi connectivity index (χ1v) is 19.8. The maximum absolute atomic E-state index is 12.4. The minimum atomic E-state index is -1.04. The van der Waals surface area contributed by atoms with Crippen molar-refractivity contribution >= 4 is 35.3 Å². The van der Waals surface area contributed by atoms with E-state index >= 15 is 0 Å². The van der Waals surface area contributed by atoms with Crippen molar-refractivity contribution in [2.45, 2.75) is 177 Å². The lowest BCUT2D eigenvalue weighted by molar-refractivity contribution is -0.165. The van der Waals surface area contributed by atoms with Crippen LogP contribution in [0.25, 0.3) is 0 Å². The standard InChI is InChI=1S/C20H33NO4.C11H17NO4.C9H18O.CH4/c1-4-20(2,3)17(22)18(23)21-13-12-16(21)19(24)25-14-8-11-15-9-6-5-7-10-15;1-4-11(2,3)8(13)9(14)12-6-5-7(12)10(15)16;10-8-4-7-9-5-2-1-3-6-9;/h15-16H,4-14H2,1-3H3;7H,4-6H2,1-3H3,(H,15,16);9-10H,1-8H2;1H4/t16-;7-;;/m00../s1. The highest BCUT2D eigenvalue weighted by Crippen LogP contribution is 2.30. The van der Waals surface area contributed by atoms with Crippen LogP contribution < -0.4 is 0 Å². The number of amides is 2. The molecule has 300 valence electrons. The van der Waals surface area contributed by atoms with Gasteiger partial charge in [0.15, 0.2) is 0 Å². The lowest BCUT2D eigenvalue weighted by atomic mass is 9.84. The summed E-state index contributed by atoms with van der Waals surface area (Å²) in [5.74, 6) is -1.78. The third-order valence-corrected chi connectivity index (χ3v) is 11.7. The SMILES string of the molecule is C.CCC(C)(C)C(=O)C(=O)N1CC[C@H]1C(=O)O.CCC(C)(C)C(=O)C(=O)N1CC[C@H]1C(=O)OCCCC1CCCCC1.OCCCC1CCCCC1. The van der Waals surface area contributed by atoms with Gasteiger partial charge < -0.3 is 24.7 Å². The van der Waals surface area contributed by atoms with Gasteiger partial charge in [-0.1, -0.05) is 113 Å². The molecule has 2 saturated carbocycles. The van der Waals surface area contributed by atoms with Gasteiger partial charge in [0.05, 0.1) is 6.61 Å².